The first-order valence-corrected chi connectivity index (χ1v) is 8.71. The van der Waals surface area contributed by atoms with Gasteiger partial charge in [0.1, 0.15) is 5.75 Å². The van der Waals surface area contributed by atoms with Gasteiger partial charge in [0.2, 0.25) is 0 Å². The van der Waals surface area contributed by atoms with E-state index in [2.05, 4.69) is 22.0 Å². The molecule has 2 aromatic carbocycles. The molecule has 0 radical (unpaired) electrons. The molecule has 0 saturated heterocycles. The number of hydrogen-bond donors (Lipinski definition) is 0. The molecule has 0 saturated carbocycles. The van der Waals surface area contributed by atoms with E-state index in [1.807, 2.05) is 30.5 Å². The Bertz CT molecular complexity index is 619. The first kappa shape index (κ1) is 16.0. The van der Waals surface area contributed by atoms with Crippen molar-refractivity contribution in [2.45, 2.75) is 10.3 Å². The van der Waals surface area contributed by atoms with Crippen LogP contribution in [0, 0.1) is 0 Å². The van der Waals surface area contributed by atoms with E-state index in [4.69, 9.17) is 27.9 Å². The quantitative estimate of drug-likeness (QED) is 0.455. The molecule has 2 rings (SSSR count). The lowest BCUT2D eigenvalue weighted by Crippen LogP contribution is -2.00. The van der Waals surface area contributed by atoms with Crippen molar-refractivity contribution in [2.75, 3.05) is 13.4 Å². The smallest absolute Gasteiger partial charge is 0.138 e. The third kappa shape index (κ3) is 3.28. The number of thioether (sulfide) groups is 1. The van der Waals surface area contributed by atoms with Crippen LogP contribution in [0.5, 0.6) is 5.75 Å². The summed E-state index contributed by atoms with van der Waals surface area (Å²) in [6.07, 6.45) is 2.04. The fourth-order valence-corrected chi connectivity index (χ4v) is 4.08. The lowest BCUT2D eigenvalue weighted by molar-refractivity contribution is 0.407. The molecule has 106 valence electrons. The molecule has 0 aromatic heterocycles. The average molecular weight is 392 g/mol. The molecular formula is C15H13BrCl2OS. The molecule has 0 N–H and O–H groups in total. The maximum Gasteiger partial charge on any atom is 0.138 e. The monoisotopic (exact) mass is 390 g/mol. The van der Waals surface area contributed by atoms with Gasteiger partial charge >= 0.3 is 0 Å². The van der Waals surface area contributed by atoms with Crippen molar-refractivity contribution in [3.63, 3.8) is 0 Å². The molecule has 0 aliphatic heterocycles. The SMILES string of the molecule is COc1c(Br)cc(Cl)cc1C(Cl)c1ccccc1SC. The van der Waals surface area contributed by atoms with Crippen LogP contribution in [-0.4, -0.2) is 13.4 Å². The van der Waals surface area contributed by atoms with Crippen LogP contribution in [-0.2, 0) is 0 Å². The van der Waals surface area contributed by atoms with Gasteiger partial charge in [0.05, 0.1) is 17.0 Å². The highest BCUT2D eigenvalue weighted by atomic mass is 79.9. The van der Waals surface area contributed by atoms with Crippen LogP contribution in [0.15, 0.2) is 45.8 Å². The van der Waals surface area contributed by atoms with E-state index in [0.717, 1.165) is 20.5 Å². The van der Waals surface area contributed by atoms with Crippen LogP contribution in [0.3, 0.4) is 0 Å². The summed E-state index contributed by atoms with van der Waals surface area (Å²) in [7, 11) is 1.63. The second-order valence-electron chi connectivity index (χ2n) is 4.11. The van der Waals surface area contributed by atoms with Crippen molar-refractivity contribution in [3.8, 4) is 5.75 Å². The number of alkyl halides is 1. The van der Waals surface area contributed by atoms with Crippen molar-refractivity contribution < 1.29 is 4.74 Å². The summed E-state index contributed by atoms with van der Waals surface area (Å²) in [5.41, 5.74) is 1.91. The molecule has 0 aliphatic carbocycles. The van der Waals surface area contributed by atoms with Crippen LogP contribution in [0.25, 0.3) is 0 Å². The van der Waals surface area contributed by atoms with Crippen LogP contribution in [0.2, 0.25) is 5.02 Å². The average Bonchev–Trinajstić information content (AvgIpc) is 2.45. The Labute approximate surface area is 141 Å². The van der Waals surface area contributed by atoms with Crippen molar-refractivity contribution in [1.29, 1.82) is 0 Å². The fraction of sp³-hybridized carbons (Fsp3) is 0.200. The van der Waals surface area contributed by atoms with Crippen LogP contribution in [0.4, 0.5) is 0 Å². The molecule has 0 spiro atoms. The molecule has 0 fully saturated rings. The Morgan fingerprint density at radius 1 is 1.20 bits per heavy atom. The number of methoxy groups -OCH3 is 1. The van der Waals surface area contributed by atoms with E-state index in [1.54, 1.807) is 24.9 Å². The minimum Gasteiger partial charge on any atom is -0.495 e. The molecule has 0 bridgehead atoms. The van der Waals surface area contributed by atoms with Gasteiger partial charge < -0.3 is 4.74 Å². The van der Waals surface area contributed by atoms with Gasteiger partial charge in [0, 0.05) is 15.5 Å². The minimum absolute atomic E-state index is 0.316. The molecular weight excluding hydrogens is 379 g/mol. The lowest BCUT2D eigenvalue weighted by Gasteiger charge is -2.18. The second kappa shape index (κ2) is 7.08. The number of ether oxygens (including phenoxy) is 1. The van der Waals surface area contributed by atoms with Crippen LogP contribution < -0.4 is 4.74 Å². The Kier molecular flexibility index (Phi) is 5.67. The third-order valence-corrected chi connectivity index (χ3v) is 5.02. The Morgan fingerprint density at radius 2 is 1.90 bits per heavy atom. The highest BCUT2D eigenvalue weighted by molar-refractivity contribution is 9.10. The van der Waals surface area contributed by atoms with E-state index in [1.165, 1.54) is 0 Å². The Morgan fingerprint density at radius 3 is 2.55 bits per heavy atom. The van der Waals surface area contributed by atoms with Gasteiger partial charge in [0.15, 0.2) is 0 Å². The van der Waals surface area contributed by atoms with E-state index in [0.29, 0.717) is 10.8 Å². The van der Waals surface area contributed by atoms with Gasteiger partial charge in [-0.05, 0) is 45.9 Å². The summed E-state index contributed by atoms with van der Waals surface area (Å²) in [6, 6.07) is 11.7. The summed E-state index contributed by atoms with van der Waals surface area (Å²) >= 11 is 17.9. The maximum atomic E-state index is 6.67. The summed E-state index contributed by atoms with van der Waals surface area (Å²) < 4.78 is 6.25. The minimum atomic E-state index is -0.316. The van der Waals surface area contributed by atoms with Gasteiger partial charge in [-0.1, -0.05) is 29.8 Å². The highest BCUT2D eigenvalue weighted by Gasteiger charge is 2.20. The van der Waals surface area contributed by atoms with Gasteiger partial charge in [-0.2, -0.15) is 0 Å². The molecule has 1 unspecified atom stereocenters. The molecule has 1 nitrogen and oxygen atoms in total. The van der Waals surface area contributed by atoms with E-state index in [9.17, 15) is 0 Å². The first-order chi connectivity index (χ1) is 9.58. The third-order valence-electron chi connectivity index (χ3n) is 2.93. The highest BCUT2D eigenvalue weighted by Crippen LogP contribution is 2.43. The lowest BCUT2D eigenvalue weighted by atomic mass is 10.0. The fourth-order valence-electron chi connectivity index (χ4n) is 2.03. The predicted octanol–water partition coefficient (Wildman–Crippen LogP) is 6.16. The van der Waals surface area contributed by atoms with Crippen LogP contribution >= 0.6 is 50.9 Å². The van der Waals surface area contributed by atoms with Crippen molar-refractivity contribution in [2.24, 2.45) is 0 Å². The maximum absolute atomic E-state index is 6.67. The molecule has 0 aliphatic rings. The van der Waals surface area contributed by atoms with Crippen LogP contribution in [0.1, 0.15) is 16.5 Å². The molecule has 2 aromatic rings. The van der Waals surface area contributed by atoms with Gasteiger partial charge in [-0.25, -0.2) is 0 Å². The second-order valence-corrected chi connectivity index (χ2v) is 6.69. The number of benzene rings is 2. The number of hydrogen-bond acceptors (Lipinski definition) is 2. The molecule has 0 amide bonds. The zero-order valence-corrected chi connectivity index (χ0v) is 14.9. The zero-order chi connectivity index (χ0) is 14.7. The molecule has 0 heterocycles. The van der Waals surface area contributed by atoms with Crippen molar-refractivity contribution >= 4 is 50.9 Å². The Balaban J connectivity index is 2.55. The van der Waals surface area contributed by atoms with Crippen molar-refractivity contribution in [3.05, 3.63) is 57.0 Å². The topological polar surface area (TPSA) is 9.23 Å². The van der Waals surface area contributed by atoms with E-state index >= 15 is 0 Å². The molecule has 5 heteroatoms. The van der Waals surface area contributed by atoms with Crippen molar-refractivity contribution in [1.82, 2.24) is 0 Å². The Hall–Kier alpha value is -0.350. The number of halogens is 3. The summed E-state index contributed by atoms with van der Waals surface area (Å²) in [4.78, 5) is 1.14. The standard InChI is InChI=1S/C15H13BrCl2OS/c1-19-15-11(7-9(17)8-12(15)16)14(18)10-5-3-4-6-13(10)20-2/h3-8,14H,1-2H3. The first-order valence-electron chi connectivity index (χ1n) is 5.88. The molecule has 20 heavy (non-hydrogen) atoms. The van der Waals surface area contributed by atoms with Gasteiger partial charge in [-0.15, -0.1) is 23.4 Å². The van der Waals surface area contributed by atoms with E-state index in [-0.39, 0.29) is 5.38 Å². The van der Waals surface area contributed by atoms with Gasteiger partial charge in [-0.3, -0.25) is 0 Å². The predicted molar refractivity (Wildman–Crippen MR) is 91.6 cm³/mol. The largest absolute Gasteiger partial charge is 0.495 e. The normalized spacial score (nSPS) is 12.2. The zero-order valence-electron chi connectivity index (χ0n) is 11.0. The van der Waals surface area contributed by atoms with E-state index < -0.39 is 0 Å². The van der Waals surface area contributed by atoms with Gasteiger partial charge in [0.25, 0.3) is 0 Å². The summed E-state index contributed by atoms with van der Waals surface area (Å²) in [5, 5.41) is 0.309. The summed E-state index contributed by atoms with van der Waals surface area (Å²) in [5.74, 6) is 0.713. The summed E-state index contributed by atoms with van der Waals surface area (Å²) in [6.45, 7) is 0. The number of rotatable bonds is 4. The molecule has 1 atom stereocenters.